The third-order valence-corrected chi connectivity index (χ3v) is 5.48. The molecule has 1 fully saturated rings. The number of hydrogen-bond acceptors (Lipinski definition) is 1. The molecule has 1 aromatic carbocycles. The van der Waals surface area contributed by atoms with E-state index >= 15 is 0 Å². The molecule has 3 rings (SSSR count). The van der Waals surface area contributed by atoms with Gasteiger partial charge in [-0.2, -0.15) is 0 Å². The molecule has 2 nitrogen and oxygen atoms in total. The highest BCUT2D eigenvalue weighted by Crippen LogP contribution is 2.34. The van der Waals surface area contributed by atoms with Crippen LogP contribution in [-0.4, -0.2) is 28.7 Å². The Morgan fingerprint density at radius 2 is 2.05 bits per heavy atom. The Balaban J connectivity index is 1.81. The average Bonchev–Trinajstić information content (AvgIpc) is 2.54. The molecule has 2 aliphatic rings. The minimum absolute atomic E-state index is 0.103. The van der Waals surface area contributed by atoms with Gasteiger partial charge >= 0.3 is 0 Å². The number of fused-ring (bicyclic) bond motifs is 1. The highest BCUT2D eigenvalue weighted by molar-refractivity contribution is 9.09. The first-order chi connectivity index (χ1) is 10.3. The number of hydrogen-bond donors (Lipinski definition) is 0. The normalized spacial score (nSPS) is 25.5. The largest absolute Gasteiger partial charge is 0.339 e. The van der Waals surface area contributed by atoms with Crippen LogP contribution in [0.4, 0.5) is 0 Å². The molecule has 0 bridgehead atoms. The molecule has 1 saturated heterocycles. The van der Waals surface area contributed by atoms with Gasteiger partial charge in [0.05, 0.1) is 5.92 Å². The monoisotopic (exact) mass is 349 g/mol. The van der Waals surface area contributed by atoms with E-state index in [0.29, 0.717) is 11.9 Å². The van der Waals surface area contributed by atoms with Crippen molar-refractivity contribution in [2.24, 2.45) is 0 Å². The van der Waals surface area contributed by atoms with Gasteiger partial charge in [0.25, 0.3) is 0 Å². The lowest BCUT2D eigenvalue weighted by Gasteiger charge is -2.39. The van der Waals surface area contributed by atoms with Crippen LogP contribution < -0.4 is 0 Å². The average molecular weight is 350 g/mol. The van der Waals surface area contributed by atoms with Gasteiger partial charge in [0, 0.05) is 17.9 Å². The molecule has 0 N–H and O–H groups in total. The van der Waals surface area contributed by atoms with Crippen LogP contribution in [0.2, 0.25) is 0 Å². The van der Waals surface area contributed by atoms with Crippen LogP contribution in [0.1, 0.15) is 55.6 Å². The number of rotatable bonds is 3. The molecule has 1 heterocycles. The van der Waals surface area contributed by atoms with Crippen molar-refractivity contribution in [2.75, 3.05) is 11.9 Å². The summed E-state index contributed by atoms with van der Waals surface area (Å²) in [5.41, 5.74) is 2.67. The summed E-state index contributed by atoms with van der Waals surface area (Å²) in [5, 5.41) is 0.989. The second-order valence-electron chi connectivity index (χ2n) is 6.30. The van der Waals surface area contributed by atoms with Crippen LogP contribution in [0.5, 0.6) is 0 Å². The third kappa shape index (κ3) is 3.18. The zero-order valence-corrected chi connectivity index (χ0v) is 14.1. The van der Waals surface area contributed by atoms with E-state index in [1.54, 1.807) is 0 Å². The maximum absolute atomic E-state index is 13.1. The SMILES string of the molecule is O=C(C1CCCc2ccccc21)N1CCCCC1CCBr. The van der Waals surface area contributed by atoms with Crippen molar-refractivity contribution < 1.29 is 4.79 Å². The molecule has 2 atom stereocenters. The summed E-state index contributed by atoms with van der Waals surface area (Å²) in [4.78, 5) is 15.3. The van der Waals surface area contributed by atoms with Crippen LogP contribution in [0, 0.1) is 0 Å². The number of amides is 1. The van der Waals surface area contributed by atoms with E-state index in [1.807, 2.05) is 0 Å². The van der Waals surface area contributed by atoms with Crippen LogP contribution in [0.3, 0.4) is 0 Å². The summed E-state index contributed by atoms with van der Waals surface area (Å²) in [5.74, 6) is 0.485. The van der Waals surface area contributed by atoms with Crippen molar-refractivity contribution in [3.05, 3.63) is 35.4 Å². The molecular weight excluding hydrogens is 326 g/mol. The predicted molar refractivity (Wildman–Crippen MR) is 89.9 cm³/mol. The van der Waals surface area contributed by atoms with Gasteiger partial charge < -0.3 is 4.90 Å². The number of nitrogens with zero attached hydrogens (tertiary/aromatic N) is 1. The smallest absolute Gasteiger partial charge is 0.230 e. The highest BCUT2D eigenvalue weighted by atomic mass is 79.9. The van der Waals surface area contributed by atoms with Crippen molar-refractivity contribution in [1.29, 1.82) is 0 Å². The standard InChI is InChI=1S/C18H24BrNO/c19-12-11-15-8-3-4-13-20(15)18(21)17-10-5-7-14-6-1-2-9-16(14)17/h1-2,6,9,15,17H,3-5,7-8,10-13H2. The Hall–Kier alpha value is -0.830. The number of carbonyl (C=O) groups excluding carboxylic acids is 1. The number of carbonyl (C=O) groups is 1. The fourth-order valence-electron chi connectivity index (χ4n) is 3.93. The molecular formula is C18H24BrNO. The molecule has 21 heavy (non-hydrogen) atoms. The number of piperidine rings is 1. The van der Waals surface area contributed by atoms with Gasteiger partial charge in [-0.15, -0.1) is 0 Å². The van der Waals surface area contributed by atoms with E-state index < -0.39 is 0 Å². The van der Waals surface area contributed by atoms with Gasteiger partial charge in [-0.05, 0) is 56.1 Å². The summed E-state index contributed by atoms with van der Waals surface area (Å²) in [6, 6.07) is 8.98. The molecule has 0 spiro atoms. The fraction of sp³-hybridized carbons (Fsp3) is 0.611. The van der Waals surface area contributed by atoms with Crippen molar-refractivity contribution in [3.8, 4) is 0 Å². The second-order valence-corrected chi connectivity index (χ2v) is 7.10. The van der Waals surface area contributed by atoms with Crippen molar-refractivity contribution in [2.45, 2.75) is 56.9 Å². The van der Waals surface area contributed by atoms with E-state index in [0.717, 1.165) is 37.6 Å². The summed E-state index contributed by atoms with van der Waals surface area (Å²) >= 11 is 3.55. The maximum atomic E-state index is 13.1. The molecule has 1 aromatic rings. The molecule has 114 valence electrons. The van der Waals surface area contributed by atoms with Gasteiger partial charge in [-0.3, -0.25) is 4.79 Å². The molecule has 0 radical (unpaired) electrons. The topological polar surface area (TPSA) is 20.3 Å². The number of aryl methyl sites for hydroxylation is 1. The van der Waals surface area contributed by atoms with E-state index in [1.165, 1.54) is 30.4 Å². The lowest BCUT2D eigenvalue weighted by molar-refractivity contribution is -0.137. The summed E-state index contributed by atoms with van der Waals surface area (Å²) in [7, 11) is 0. The van der Waals surface area contributed by atoms with E-state index in [9.17, 15) is 4.79 Å². The van der Waals surface area contributed by atoms with Crippen LogP contribution >= 0.6 is 15.9 Å². The molecule has 1 aliphatic heterocycles. The van der Waals surface area contributed by atoms with Crippen LogP contribution in [0.25, 0.3) is 0 Å². The zero-order chi connectivity index (χ0) is 14.7. The van der Waals surface area contributed by atoms with Gasteiger partial charge in [-0.1, -0.05) is 40.2 Å². The third-order valence-electron chi connectivity index (χ3n) is 5.02. The minimum atomic E-state index is 0.103. The first-order valence-electron chi connectivity index (χ1n) is 8.25. The van der Waals surface area contributed by atoms with Crippen molar-refractivity contribution in [1.82, 2.24) is 4.90 Å². The maximum Gasteiger partial charge on any atom is 0.230 e. The first kappa shape index (κ1) is 15.1. The Labute approximate surface area is 136 Å². The van der Waals surface area contributed by atoms with E-state index in [2.05, 4.69) is 45.1 Å². The van der Waals surface area contributed by atoms with Crippen molar-refractivity contribution >= 4 is 21.8 Å². The first-order valence-corrected chi connectivity index (χ1v) is 9.37. The predicted octanol–water partition coefficient (Wildman–Crippen LogP) is 4.27. The Kier molecular flexibility index (Phi) is 4.99. The van der Waals surface area contributed by atoms with Crippen LogP contribution in [0.15, 0.2) is 24.3 Å². The van der Waals surface area contributed by atoms with E-state index in [-0.39, 0.29) is 5.92 Å². The fourth-order valence-corrected chi connectivity index (χ4v) is 4.46. The molecule has 1 amide bonds. The molecule has 1 aliphatic carbocycles. The highest BCUT2D eigenvalue weighted by Gasteiger charge is 2.33. The Bertz CT molecular complexity index is 500. The molecule has 2 unspecified atom stereocenters. The minimum Gasteiger partial charge on any atom is -0.339 e. The van der Waals surface area contributed by atoms with Gasteiger partial charge in [-0.25, -0.2) is 0 Å². The van der Waals surface area contributed by atoms with Crippen LogP contribution in [-0.2, 0) is 11.2 Å². The van der Waals surface area contributed by atoms with Gasteiger partial charge in [0.2, 0.25) is 5.91 Å². The van der Waals surface area contributed by atoms with Gasteiger partial charge in [0.15, 0.2) is 0 Å². The second kappa shape index (κ2) is 6.95. The number of likely N-dealkylation sites (tertiary alicyclic amines) is 1. The summed E-state index contributed by atoms with van der Waals surface area (Å²) < 4.78 is 0. The van der Waals surface area contributed by atoms with Gasteiger partial charge in [0.1, 0.15) is 0 Å². The Morgan fingerprint density at radius 1 is 1.19 bits per heavy atom. The zero-order valence-electron chi connectivity index (χ0n) is 12.6. The van der Waals surface area contributed by atoms with Crippen molar-refractivity contribution in [3.63, 3.8) is 0 Å². The lowest BCUT2D eigenvalue weighted by Crippen LogP contribution is -2.46. The molecule has 3 heteroatoms. The molecule has 0 aromatic heterocycles. The number of halogens is 1. The number of alkyl halides is 1. The van der Waals surface area contributed by atoms with E-state index in [4.69, 9.17) is 0 Å². The lowest BCUT2D eigenvalue weighted by atomic mass is 9.81. The molecule has 0 saturated carbocycles. The summed E-state index contributed by atoms with van der Waals surface area (Å²) in [6.45, 7) is 0.954. The Morgan fingerprint density at radius 3 is 2.90 bits per heavy atom. The number of benzene rings is 1. The summed E-state index contributed by atoms with van der Waals surface area (Å²) in [6.07, 6.45) is 7.98. The quantitative estimate of drug-likeness (QED) is 0.746.